The van der Waals surface area contributed by atoms with Gasteiger partial charge in [0, 0.05) is 26.0 Å². The summed E-state index contributed by atoms with van der Waals surface area (Å²) in [7, 11) is 0. The number of aromatic carboxylic acids is 1. The van der Waals surface area contributed by atoms with Gasteiger partial charge in [0.25, 0.3) is 0 Å². The van der Waals surface area contributed by atoms with E-state index in [2.05, 4.69) is 6.92 Å². The van der Waals surface area contributed by atoms with Gasteiger partial charge in [-0.3, -0.25) is 0 Å². The second kappa shape index (κ2) is 4.70. The number of carboxylic acids is 1. The average molecular weight is 258 g/mol. The van der Waals surface area contributed by atoms with Gasteiger partial charge in [0.2, 0.25) is 0 Å². The van der Waals surface area contributed by atoms with Gasteiger partial charge < -0.3 is 14.4 Å². The molecule has 1 aliphatic heterocycles. The predicted octanol–water partition coefficient (Wildman–Crippen LogP) is 2.66. The van der Waals surface area contributed by atoms with E-state index in [9.17, 15) is 4.79 Å². The molecule has 0 atom stereocenters. The third-order valence-electron chi connectivity index (χ3n) is 3.33. The van der Waals surface area contributed by atoms with Crippen LogP contribution in [-0.2, 0) is 11.3 Å². The Labute approximate surface area is 105 Å². The molecule has 0 bridgehead atoms. The molecule has 0 saturated carbocycles. The maximum atomic E-state index is 11.1. The molecule has 0 aliphatic carbocycles. The van der Waals surface area contributed by atoms with Crippen LogP contribution in [-0.4, -0.2) is 28.9 Å². The molecule has 0 unspecified atom stereocenters. The lowest BCUT2D eigenvalue weighted by atomic mass is 9.82. The van der Waals surface area contributed by atoms with Gasteiger partial charge in [-0.05, 0) is 24.3 Å². The van der Waals surface area contributed by atoms with Crippen LogP contribution < -0.4 is 0 Å². The minimum Gasteiger partial charge on any atom is -0.477 e. The summed E-state index contributed by atoms with van der Waals surface area (Å²) in [6.07, 6.45) is 3.58. The zero-order chi connectivity index (χ0) is 12.5. The summed E-state index contributed by atoms with van der Waals surface area (Å²) in [5, 5.41) is 9.56. The molecule has 1 aromatic heterocycles. The quantitative estimate of drug-likeness (QED) is 0.906. The molecule has 2 heterocycles. The topological polar surface area (TPSA) is 51.5 Å². The van der Waals surface area contributed by atoms with E-state index in [0.717, 1.165) is 26.1 Å². The molecule has 1 fully saturated rings. The van der Waals surface area contributed by atoms with Crippen LogP contribution in [0.5, 0.6) is 0 Å². The molecule has 17 heavy (non-hydrogen) atoms. The first kappa shape index (κ1) is 12.5. The van der Waals surface area contributed by atoms with Gasteiger partial charge in [0.05, 0.1) is 5.02 Å². The predicted molar refractivity (Wildman–Crippen MR) is 64.6 cm³/mol. The molecule has 4 nitrogen and oxygen atoms in total. The summed E-state index contributed by atoms with van der Waals surface area (Å²) in [5.74, 6) is -0.937. The van der Waals surface area contributed by atoms with Crippen molar-refractivity contribution in [3.63, 3.8) is 0 Å². The Balaban J connectivity index is 2.19. The van der Waals surface area contributed by atoms with Crippen molar-refractivity contribution in [1.29, 1.82) is 0 Å². The van der Waals surface area contributed by atoms with Crippen molar-refractivity contribution in [2.75, 3.05) is 13.2 Å². The van der Waals surface area contributed by atoms with E-state index in [0.29, 0.717) is 11.6 Å². The highest BCUT2D eigenvalue weighted by molar-refractivity contribution is 6.30. The van der Waals surface area contributed by atoms with Crippen molar-refractivity contribution >= 4 is 17.6 Å². The molecule has 94 valence electrons. The van der Waals surface area contributed by atoms with Crippen LogP contribution in [0.25, 0.3) is 0 Å². The fourth-order valence-corrected chi connectivity index (χ4v) is 2.44. The molecule has 1 N–H and O–H groups in total. The molecule has 1 saturated heterocycles. The summed E-state index contributed by atoms with van der Waals surface area (Å²) in [6.45, 7) is 4.32. The van der Waals surface area contributed by atoms with Crippen LogP contribution in [0, 0.1) is 5.41 Å². The minimum atomic E-state index is -0.937. The lowest BCUT2D eigenvalue weighted by Crippen LogP contribution is -2.31. The number of hydrogen-bond donors (Lipinski definition) is 1. The smallest absolute Gasteiger partial charge is 0.352 e. The first-order valence-electron chi connectivity index (χ1n) is 5.67. The standard InChI is InChI=1S/C12H16ClNO3/c1-12(2-4-17-5-3-12)8-14-7-9(13)6-10(14)11(15)16/h6-7H,2-5,8H2,1H3,(H,15,16). The third-order valence-corrected chi connectivity index (χ3v) is 3.54. The van der Waals surface area contributed by atoms with E-state index >= 15 is 0 Å². The third kappa shape index (κ3) is 2.82. The molecule has 0 radical (unpaired) electrons. The van der Waals surface area contributed by atoms with Crippen molar-refractivity contribution < 1.29 is 14.6 Å². The zero-order valence-electron chi connectivity index (χ0n) is 9.78. The molecule has 0 amide bonds. The number of carboxylic acid groups (broad SMARTS) is 1. The minimum absolute atomic E-state index is 0.0881. The number of aromatic nitrogens is 1. The van der Waals surface area contributed by atoms with Gasteiger partial charge in [0.15, 0.2) is 0 Å². The molecular formula is C12H16ClNO3. The second-order valence-electron chi connectivity index (χ2n) is 4.90. The van der Waals surface area contributed by atoms with E-state index in [1.165, 1.54) is 6.07 Å². The SMILES string of the molecule is CC1(Cn2cc(Cl)cc2C(=O)O)CCOCC1. The van der Waals surface area contributed by atoms with Gasteiger partial charge >= 0.3 is 5.97 Å². The number of nitrogens with zero attached hydrogens (tertiary/aromatic N) is 1. The van der Waals surface area contributed by atoms with Crippen LogP contribution in [0.1, 0.15) is 30.3 Å². The van der Waals surface area contributed by atoms with Crippen LogP contribution in [0.4, 0.5) is 0 Å². The Morgan fingerprint density at radius 3 is 2.82 bits per heavy atom. The largest absolute Gasteiger partial charge is 0.477 e. The van der Waals surface area contributed by atoms with E-state index < -0.39 is 5.97 Å². The van der Waals surface area contributed by atoms with Gasteiger partial charge in [-0.15, -0.1) is 0 Å². The van der Waals surface area contributed by atoms with Gasteiger partial charge in [0.1, 0.15) is 5.69 Å². The van der Waals surface area contributed by atoms with Gasteiger partial charge in [-0.25, -0.2) is 4.79 Å². The summed E-state index contributed by atoms with van der Waals surface area (Å²) < 4.78 is 7.07. The van der Waals surface area contributed by atoms with Gasteiger partial charge in [-0.2, -0.15) is 0 Å². The number of rotatable bonds is 3. The van der Waals surface area contributed by atoms with E-state index in [1.54, 1.807) is 10.8 Å². The Kier molecular flexibility index (Phi) is 3.45. The molecule has 0 spiro atoms. The lowest BCUT2D eigenvalue weighted by Gasteiger charge is -2.34. The van der Waals surface area contributed by atoms with Crippen LogP contribution in [0.15, 0.2) is 12.3 Å². The van der Waals surface area contributed by atoms with E-state index in [-0.39, 0.29) is 11.1 Å². The molecule has 1 aliphatic rings. The normalized spacial score (nSPS) is 19.2. The average Bonchev–Trinajstić information content (AvgIpc) is 2.59. The summed E-state index contributed by atoms with van der Waals surface area (Å²) in [6, 6.07) is 1.49. The number of halogens is 1. The first-order valence-corrected chi connectivity index (χ1v) is 6.05. The molecule has 0 aromatic carbocycles. The van der Waals surface area contributed by atoms with Crippen molar-refractivity contribution in [3.8, 4) is 0 Å². The molecule has 5 heteroatoms. The van der Waals surface area contributed by atoms with Gasteiger partial charge in [-0.1, -0.05) is 18.5 Å². The van der Waals surface area contributed by atoms with Crippen LogP contribution in [0.3, 0.4) is 0 Å². The van der Waals surface area contributed by atoms with Crippen LogP contribution in [0.2, 0.25) is 5.02 Å². The zero-order valence-corrected chi connectivity index (χ0v) is 10.5. The monoisotopic (exact) mass is 257 g/mol. The Bertz CT molecular complexity index is 421. The molecule has 1 aromatic rings. The van der Waals surface area contributed by atoms with Crippen molar-refractivity contribution in [3.05, 3.63) is 23.0 Å². The Morgan fingerprint density at radius 2 is 2.24 bits per heavy atom. The maximum Gasteiger partial charge on any atom is 0.352 e. The number of carbonyl (C=O) groups is 1. The van der Waals surface area contributed by atoms with Crippen LogP contribution >= 0.6 is 11.6 Å². The lowest BCUT2D eigenvalue weighted by molar-refractivity contribution is 0.0150. The highest BCUT2D eigenvalue weighted by Crippen LogP contribution is 2.32. The fourth-order valence-electron chi connectivity index (χ4n) is 2.22. The first-order chi connectivity index (χ1) is 8.00. The van der Waals surface area contributed by atoms with Crippen molar-refractivity contribution in [1.82, 2.24) is 4.57 Å². The summed E-state index contributed by atoms with van der Waals surface area (Å²) in [5.41, 5.74) is 0.341. The maximum absolute atomic E-state index is 11.1. The fraction of sp³-hybridized carbons (Fsp3) is 0.583. The highest BCUT2D eigenvalue weighted by atomic mass is 35.5. The molecular weight excluding hydrogens is 242 g/mol. The highest BCUT2D eigenvalue weighted by Gasteiger charge is 2.29. The summed E-state index contributed by atoms with van der Waals surface area (Å²) in [4.78, 5) is 11.1. The summed E-state index contributed by atoms with van der Waals surface area (Å²) >= 11 is 5.86. The molecule has 2 rings (SSSR count). The number of hydrogen-bond acceptors (Lipinski definition) is 2. The number of ether oxygens (including phenoxy) is 1. The van der Waals surface area contributed by atoms with Crippen molar-refractivity contribution in [2.45, 2.75) is 26.3 Å². The Morgan fingerprint density at radius 1 is 1.59 bits per heavy atom. The Hall–Kier alpha value is -1.00. The van der Waals surface area contributed by atoms with E-state index in [4.69, 9.17) is 21.4 Å². The second-order valence-corrected chi connectivity index (χ2v) is 5.34. The van der Waals surface area contributed by atoms with E-state index in [1.807, 2.05) is 0 Å². The van der Waals surface area contributed by atoms with Crippen molar-refractivity contribution in [2.24, 2.45) is 5.41 Å².